The predicted octanol–water partition coefficient (Wildman–Crippen LogP) is 1.04. The molecule has 2 nitrogen and oxygen atoms in total. The zero-order chi connectivity index (χ0) is 5.11. The molecular formula is C5H7N2. The number of nitrogens with zero attached hydrogens (tertiary/aromatic N) is 2. The molecule has 0 saturated carbocycles. The normalized spacial score (nSPS) is 19.3. The summed E-state index contributed by atoms with van der Waals surface area (Å²) in [7, 11) is 0. The first-order chi connectivity index (χ1) is 3.39. The van der Waals surface area contributed by atoms with Crippen LogP contribution < -0.4 is 0 Å². The highest BCUT2D eigenvalue weighted by atomic mass is 15.2. The predicted molar refractivity (Wildman–Crippen MR) is 30.5 cm³/mol. The van der Waals surface area contributed by atoms with Gasteiger partial charge in [0.2, 0.25) is 0 Å². The standard InChI is InChI=1S/C5H7N2/c1-5-3-2-4-6-7-5/h4H,1-3H2. The summed E-state index contributed by atoms with van der Waals surface area (Å²) in [5.41, 5.74) is 0.891. The molecule has 1 heterocycles. The van der Waals surface area contributed by atoms with Crippen LogP contribution in [0.15, 0.2) is 10.2 Å². The van der Waals surface area contributed by atoms with E-state index >= 15 is 0 Å². The Bertz CT molecular complexity index is 113. The summed E-state index contributed by atoms with van der Waals surface area (Å²) < 4.78 is 0. The van der Waals surface area contributed by atoms with Gasteiger partial charge in [-0.2, -0.15) is 10.2 Å². The average molecular weight is 95.1 g/mol. The molecule has 0 N–H and O–H groups in total. The van der Waals surface area contributed by atoms with Crippen molar-refractivity contribution in [2.45, 2.75) is 12.8 Å². The minimum Gasteiger partial charge on any atom is -0.164 e. The third-order valence-electron chi connectivity index (χ3n) is 0.843. The molecule has 2 heteroatoms. The Hall–Kier alpha value is -0.660. The summed E-state index contributed by atoms with van der Waals surface area (Å²) >= 11 is 0. The molecule has 0 atom stereocenters. The second kappa shape index (κ2) is 1.87. The van der Waals surface area contributed by atoms with E-state index in [1.54, 1.807) is 6.21 Å². The van der Waals surface area contributed by atoms with Crippen LogP contribution in [0.2, 0.25) is 0 Å². The molecule has 0 saturated heterocycles. The first-order valence-electron chi connectivity index (χ1n) is 2.30. The molecule has 0 aromatic rings. The molecule has 0 aromatic heterocycles. The quantitative estimate of drug-likeness (QED) is 0.429. The van der Waals surface area contributed by atoms with Gasteiger partial charge in [-0.1, -0.05) is 0 Å². The molecule has 0 amide bonds. The van der Waals surface area contributed by atoms with E-state index in [0.29, 0.717) is 0 Å². The van der Waals surface area contributed by atoms with E-state index in [-0.39, 0.29) is 0 Å². The number of rotatable bonds is 0. The highest BCUT2D eigenvalue weighted by molar-refractivity contribution is 5.91. The minimum absolute atomic E-state index is 0.891. The maximum atomic E-state index is 3.70. The third-order valence-corrected chi connectivity index (χ3v) is 0.843. The Morgan fingerprint density at radius 2 is 2.57 bits per heavy atom. The van der Waals surface area contributed by atoms with Gasteiger partial charge in [0.25, 0.3) is 0 Å². The SMILES string of the molecule is [CH2]C1=NN=CCC1. The van der Waals surface area contributed by atoms with Gasteiger partial charge in [-0.25, -0.2) is 0 Å². The van der Waals surface area contributed by atoms with E-state index in [2.05, 4.69) is 17.1 Å². The minimum atomic E-state index is 0.891. The Kier molecular flexibility index (Phi) is 1.20. The fourth-order valence-electron chi connectivity index (χ4n) is 0.461. The molecule has 0 fully saturated rings. The summed E-state index contributed by atoms with van der Waals surface area (Å²) in [6.07, 6.45) is 3.78. The topological polar surface area (TPSA) is 24.7 Å². The molecule has 0 unspecified atom stereocenters. The lowest BCUT2D eigenvalue weighted by Crippen LogP contribution is -1.95. The summed E-state index contributed by atoms with van der Waals surface area (Å²) in [4.78, 5) is 0. The lowest BCUT2D eigenvalue weighted by atomic mass is 10.2. The van der Waals surface area contributed by atoms with Gasteiger partial charge in [0.15, 0.2) is 0 Å². The summed E-state index contributed by atoms with van der Waals surface area (Å²) in [5, 5.41) is 7.36. The highest BCUT2D eigenvalue weighted by Gasteiger charge is 1.92. The van der Waals surface area contributed by atoms with E-state index in [4.69, 9.17) is 0 Å². The van der Waals surface area contributed by atoms with Gasteiger partial charge < -0.3 is 0 Å². The fourth-order valence-corrected chi connectivity index (χ4v) is 0.461. The van der Waals surface area contributed by atoms with Crippen LogP contribution in [0.1, 0.15) is 12.8 Å². The van der Waals surface area contributed by atoms with Gasteiger partial charge in [-0.3, -0.25) is 0 Å². The van der Waals surface area contributed by atoms with Gasteiger partial charge in [0.1, 0.15) is 0 Å². The van der Waals surface area contributed by atoms with Gasteiger partial charge in [0, 0.05) is 11.9 Å². The second-order valence-electron chi connectivity index (χ2n) is 1.50. The molecule has 37 valence electrons. The Labute approximate surface area is 43.0 Å². The third kappa shape index (κ3) is 1.11. The van der Waals surface area contributed by atoms with E-state index in [1.165, 1.54) is 0 Å². The van der Waals surface area contributed by atoms with Crippen molar-refractivity contribution >= 4 is 11.9 Å². The summed E-state index contributed by atoms with van der Waals surface area (Å²) in [6.45, 7) is 3.63. The van der Waals surface area contributed by atoms with E-state index in [9.17, 15) is 0 Å². The molecule has 1 rings (SSSR count). The van der Waals surface area contributed by atoms with Crippen LogP contribution in [0, 0.1) is 6.92 Å². The van der Waals surface area contributed by atoms with Crippen LogP contribution in [0.5, 0.6) is 0 Å². The van der Waals surface area contributed by atoms with Crippen molar-refractivity contribution in [2.75, 3.05) is 0 Å². The van der Waals surface area contributed by atoms with Gasteiger partial charge in [-0.05, 0) is 19.8 Å². The maximum Gasteiger partial charge on any atom is 0.0413 e. The van der Waals surface area contributed by atoms with Crippen molar-refractivity contribution in [3.63, 3.8) is 0 Å². The van der Waals surface area contributed by atoms with E-state index in [1.807, 2.05) is 0 Å². The summed E-state index contributed by atoms with van der Waals surface area (Å²) in [6, 6.07) is 0. The number of hydrogen-bond donors (Lipinski definition) is 0. The molecule has 1 aliphatic heterocycles. The van der Waals surface area contributed by atoms with E-state index < -0.39 is 0 Å². The molecule has 0 aliphatic carbocycles. The van der Waals surface area contributed by atoms with Crippen LogP contribution in [-0.4, -0.2) is 11.9 Å². The monoisotopic (exact) mass is 95.1 g/mol. The lowest BCUT2D eigenvalue weighted by Gasteiger charge is -1.96. The summed E-state index contributed by atoms with van der Waals surface area (Å²) in [5.74, 6) is 0. The van der Waals surface area contributed by atoms with Crippen molar-refractivity contribution < 1.29 is 0 Å². The smallest absolute Gasteiger partial charge is 0.0413 e. The van der Waals surface area contributed by atoms with Crippen molar-refractivity contribution in [1.29, 1.82) is 0 Å². The van der Waals surface area contributed by atoms with Crippen molar-refractivity contribution in [3.05, 3.63) is 6.92 Å². The van der Waals surface area contributed by atoms with Crippen molar-refractivity contribution in [1.82, 2.24) is 0 Å². The second-order valence-corrected chi connectivity index (χ2v) is 1.50. The van der Waals surface area contributed by atoms with Crippen LogP contribution >= 0.6 is 0 Å². The molecule has 7 heavy (non-hydrogen) atoms. The first kappa shape index (κ1) is 4.50. The molecule has 0 spiro atoms. The average Bonchev–Trinajstić information content (AvgIpc) is 1.69. The van der Waals surface area contributed by atoms with Gasteiger partial charge in [0.05, 0.1) is 0 Å². The largest absolute Gasteiger partial charge is 0.164 e. The Morgan fingerprint density at radius 1 is 1.71 bits per heavy atom. The lowest BCUT2D eigenvalue weighted by molar-refractivity contribution is 1.07. The first-order valence-corrected chi connectivity index (χ1v) is 2.30. The zero-order valence-corrected chi connectivity index (χ0v) is 4.09. The van der Waals surface area contributed by atoms with Crippen molar-refractivity contribution in [3.8, 4) is 0 Å². The molecule has 1 radical (unpaired) electrons. The Balaban J connectivity index is 2.57. The molecule has 0 bridgehead atoms. The van der Waals surface area contributed by atoms with Crippen molar-refractivity contribution in [2.24, 2.45) is 10.2 Å². The van der Waals surface area contributed by atoms with Crippen LogP contribution in [0.3, 0.4) is 0 Å². The van der Waals surface area contributed by atoms with Crippen LogP contribution in [-0.2, 0) is 0 Å². The fraction of sp³-hybridized carbons (Fsp3) is 0.400. The van der Waals surface area contributed by atoms with Gasteiger partial charge >= 0.3 is 0 Å². The zero-order valence-electron chi connectivity index (χ0n) is 4.09. The van der Waals surface area contributed by atoms with E-state index in [0.717, 1.165) is 18.6 Å². The molecule has 0 aromatic carbocycles. The van der Waals surface area contributed by atoms with Crippen LogP contribution in [0.25, 0.3) is 0 Å². The number of hydrogen-bond acceptors (Lipinski definition) is 2. The van der Waals surface area contributed by atoms with Gasteiger partial charge in [-0.15, -0.1) is 0 Å². The highest BCUT2D eigenvalue weighted by Crippen LogP contribution is 1.95. The Morgan fingerprint density at radius 3 is 2.86 bits per heavy atom. The molecule has 1 aliphatic rings. The molecular weight excluding hydrogens is 88.1 g/mol. The van der Waals surface area contributed by atoms with Crippen LogP contribution in [0.4, 0.5) is 0 Å². The maximum absolute atomic E-state index is 3.70.